The second kappa shape index (κ2) is 5.93. The number of para-hydroxylation sites is 1. The largest absolute Gasteiger partial charge is 0.388 e. The van der Waals surface area contributed by atoms with Gasteiger partial charge in [-0.15, -0.1) is 0 Å². The van der Waals surface area contributed by atoms with Crippen LogP contribution in [0.1, 0.15) is 20.8 Å². The van der Waals surface area contributed by atoms with Crippen LogP contribution in [-0.2, 0) is 0 Å². The second-order valence-corrected chi connectivity index (χ2v) is 6.17. The lowest BCUT2D eigenvalue weighted by molar-refractivity contribution is 0.0648. The molecule has 1 aromatic carbocycles. The number of fused-ring (bicyclic) bond motifs is 1. The van der Waals surface area contributed by atoms with E-state index in [4.69, 9.17) is 0 Å². The summed E-state index contributed by atoms with van der Waals surface area (Å²) in [7, 11) is 0. The van der Waals surface area contributed by atoms with Crippen molar-refractivity contribution >= 4 is 16.7 Å². The lowest BCUT2D eigenvalue weighted by Gasteiger charge is -2.27. The first kappa shape index (κ1) is 15.4. The average molecular weight is 308 g/mol. The smallest absolute Gasteiger partial charge is 0.162 e. The van der Waals surface area contributed by atoms with Gasteiger partial charge in [-0.25, -0.2) is 9.97 Å². The fraction of sp³-hybridized carbons (Fsp3) is 0.278. The molecule has 0 bridgehead atoms. The molecule has 3 aromatic rings. The van der Waals surface area contributed by atoms with E-state index in [1.165, 1.54) is 0 Å². The maximum absolute atomic E-state index is 10.2. The van der Waals surface area contributed by atoms with Gasteiger partial charge in [-0.1, -0.05) is 12.1 Å². The zero-order chi connectivity index (χ0) is 16.4. The predicted octanol–water partition coefficient (Wildman–Crippen LogP) is 3.26. The molecule has 2 aromatic heterocycles. The van der Waals surface area contributed by atoms with Crippen LogP contribution in [0.4, 0.5) is 5.82 Å². The summed E-state index contributed by atoms with van der Waals surface area (Å²) in [5.41, 5.74) is 0.910. The quantitative estimate of drug-likeness (QED) is 0.774. The predicted molar refractivity (Wildman–Crippen MR) is 92.2 cm³/mol. The molecule has 0 aliphatic heterocycles. The van der Waals surface area contributed by atoms with Crippen LogP contribution in [0.25, 0.3) is 22.3 Å². The third-order valence-corrected chi connectivity index (χ3v) is 3.95. The standard InChI is InChI=1S/C18H20N4O/c1-12(18(2,3)23)20-17-14-6-4-5-7-15(14)21-16(22-17)13-8-10-19-11-9-13/h4-12,23H,1-3H3,(H,20,21,22). The Morgan fingerprint density at radius 3 is 2.43 bits per heavy atom. The zero-order valence-electron chi connectivity index (χ0n) is 13.5. The highest BCUT2D eigenvalue weighted by Gasteiger charge is 2.23. The Morgan fingerprint density at radius 2 is 1.74 bits per heavy atom. The number of aromatic nitrogens is 3. The lowest BCUT2D eigenvalue weighted by Crippen LogP contribution is -2.39. The van der Waals surface area contributed by atoms with E-state index in [1.807, 2.05) is 43.3 Å². The van der Waals surface area contributed by atoms with Gasteiger partial charge in [0, 0.05) is 23.3 Å². The van der Waals surface area contributed by atoms with Crippen molar-refractivity contribution in [1.29, 1.82) is 0 Å². The number of hydrogen-bond donors (Lipinski definition) is 2. The summed E-state index contributed by atoms with van der Waals surface area (Å²) in [6.07, 6.45) is 3.45. The number of aliphatic hydroxyl groups is 1. The minimum Gasteiger partial charge on any atom is -0.388 e. The summed E-state index contributed by atoms with van der Waals surface area (Å²) in [5, 5.41) is 14.4. The molecule has 0 aliphatic rings. The SMILES string of the molecule is CC(Nc1nc(-c2ccncc2)nc2ccccc12)C(C)(C)O. The minimum atomic E-state index is -0.858. The van der Waals surface area contributed by atoms with E-state index in [0.29, 0.717) is 5.82 Å². The molecule has 0 radical (unpaired) electrons. The molecule has 5 heteroatoms. The van der Waals surface area contributed by atoms with Gasteiger partial charge in [0.2, 0.25) is 0 Å². The van der Waals surface area contributed by atoms with E-state index in [9.17, 15) is 5.11 Å². The molecule has 0 spiro atoms. The minimum absolute atomic E-state index is 0.161. The van der Waals surface area contributed by atoms with Gasteiger partial charge < -0.3 is 10.4 Å². The Morgan fingerprint density at radius 1 is 1.04 bits per heavy atom. The fourth-order valence-corrected chi connectivity index (χ4v) is 2.20. The van der Waals surface area contributed by atoms with Crippen molar-refractivity contribution in [3.05, 3.63) is 48.8 Å². The number of benzene rings is 1. The van der Waals surface area contributed by atoms with E-state index in [-0.39, 0.29) is 6.04 Å². The number of nitrogens with zero attached hydrogens (tertiary/aromatic N) is 3. The van der Waals surface area contributed by atoms with Gasteiger partial charge in [-0.2, -0.15) is 0 Å². The van der Waals surface area contributed by atoms with Gasteiger partial charge in [-0.05, 0) is 45.0 Å². The van der Waals surface area contributed by atoms with Gasteiger partial charge in [-0.3, -0.25) is 4.98 Å². The average Bonchev–Trinajstić information content (AvgIpc) is 2.54. The van der Waals surface area contributed by atoms with Crippen molar-refractivity contribution in [2.24, 2.45) is 0 Å². The number of rotatable bonds is 4. The Kier molecular flexibility index (Phi) is 3.96. The first-order chi connectivity index (χ1) is 10.9. The van der Waals surface area contributed by atoms with Crippen LogP contribution in [0.5, 0.6) is 0 Å². The molecule has 0 amide bonds. The molecule has 2 heterocycles. The third kappa shape index (κ3) is 3.29. The van der Waals surface area contributed by atoms with Crippen molar-refractivity contribution in [2.45, 2.75) is 32.4 Å². The second-order valence-electron chi connectivity index (χ2n) is 6.17. The van der Waals surface area contributed by atoms with Gasteiger partial charge in [0.25, 0.3) is 0 Å². The van der Waals surface area contributed by atoms with Gasteiger partial charge >= 0.3 is 0 Å². The summed E-state index contributed by atoms with van der Waals surface area (Å²) in [5.74, 6) is 1.36. The Bertz CT molecular complexity index is 812. The van der Waals surface area contributed by atoms with E-state index in [0.717, 1.165) is 22.3 Å². The number of nitrogens with one attached hydrogen (secondary N) is 1. The highest BCUT2D eigenvalue weighted by atomic mass is 16.3. The number of pyridine rings is 1. The van der Waals surface area contributed by atoms with Crippen LogP contribution in [-0.4, -0.2) is 31.7 Å². The van der Waals surface area contributed by atoms with E-state index in [1.54, 1.807) is 26.2 Å². The van der Waals surface area contributed by atoms with Gasteiger partial charge in [0.15, 0.2) is 5.82 Å². The fourth-order valence-electron chi connectivity index (χ4n) is 2.20. The molecular weight excluding hydrogens is 288 g/mol. The Balaban J connectivity index is 2.12. The molecule has 0 saturated carbocycles. The molecule has 118 valence electrons. The lowest BCUT2D eigenvalue weighted by atomic mass is 10.0. The van der Waals surface area contributed by atoms with Crippen LogP contribution in [0.2, 0.25) is 0 Å². The Hall–Kier alpha value is -2.53. The van der Waals surface area contributed by atoms with Crippen LogP contribution in [0.3, 0.4) is 0 Å². The summed E-state index contributed by atoms with van der Waals surface area (Å²) >= 11 is 0. The molecule has 0 aliphatic carbocycles. The van der Waals surface area contributed by atoms with E-state index < -0.39 is 5.60 Å². The van der Waals surface area contributed by atoms with Crippen molar-refractivity contribution in [1.82, 2.24) is 15.0 Å². The molecule has 3 rings (SSSR count). The molecule has 1 atom stereocenters. The van der Waals surface area contributed by atoms with Crippen molar-refractivity contribution in [2.75, 3.05) is 5.32 Å². The third-order valence-electron chi connectivity index (χ3n) is 3.95. The molecule has 2 N–H and O–H groups in total. The van der Waals surface area contributed by atoms with Gasteiger partial charge in [0.1, 0.15) is 5.82 Å². The van der Waals surface area contributed by atoms with Crippen LogP contribution < -0.4 is 5.32 Å². The molecular formula is C18H20N4O. The van der Waals surface area contributed by atoms with Crippen LogP contribution in [0, 0.1) is 0 Å². The van der Waals surface area contributed by atoms with Crippen molar-refractivity contribution in [3.63, 3.8) is 0 Å². The normalized spacial score (nSPS) is 13.0. The van der Waals surface area contributed by atoms with Crippen molar-refractivity contribution in [3.8, 4) is 11.4 Å². The summed E-state index contributed by atoms with van der Waals surface area (Å²) < 4.78 is 0. The topological polar surface area (TPSA) is 70.9 Å². The summed E-state index contributed by atoms with van der Waals surface area (Å²) in [6, 6.07) is 11.4. The monoisotopic (exact) mass is 308 g/mol. The highest BCUT2D eigenvalue weighted by molar-refractivity contribution is 5.90. The first-order valence-corrected chi connectivity index (χ1v) is 7.61. The van der Waals surface area contributed by atoms with Gasteiger partial charge in [0.05, 0.1) is 17.2 Å². The Labute approximate surface area is 135 Å². The molecule has 0 saturated heterocycles. The number of anilines is 1. The summed E-state index contributed by atoms with van der Waals surface area (Å²) in [6.45, 7) is 5.48. The highest BCUT2D eigenvalue weighted by Crippen LogP contribution is 2.26. The molecule has 1 unspecified atom stereocenters. The molecule has 5 nitrogen and oxygen atoms in total. The van der Waals surface area contributed by atoms with Crippen molar-refractivity contribution < 1.29 is 5.11 Å². The zero-order valence-corrected chi connectivity index (χ0v) is 13.5. The van der Waals surface area contributed by atoms with Crippen LogP contribution >= 0.6 is 0 Å². The maximum atomic E-state index is 10.2. The number of hydrogen-bond acceptors (Lipinski definition) is 5. The van der Waals surface area contributed by atoms with Crippen LogP contribution in [0.15, 0.2) is 48.8 Å². The maximum Gasteiger partial charge on any atom is 0.162 e. The molecule has 23 heavy (non-hydrogen) atoms. The summed E-state index contributed by atoms with van der Waals surface area (Å²) in [4.78, 5) is 13.3. The molecule has 0 fully saturated rings. The first-order valence-electron chi connectivity index (χ1n) is 7.61. The van der Waals surface area contributed by atoms with E-state index in [2.05, 4.69) is 20.3 Å². The van der Waals surface area contributed by atoms with E-state index >= 15 is 0 Å².